The maximum atomic E-state index is 2.44. The van der Waals surface area contributed by atoms with Crippen LogP contribution < -0.4 is 0 Å². The molecular weight excluding hydrogens is 677 g/mol. The molecule has 1 aliphatic rings. The molecule has 1 aliphatic carbocycles. The zero-order valence-corrected chi connectivity index (χ0v) is 31.0. The van der Waals surface area contributed by atoms with Gasteiger partial charge in [0.05, 0.1) is 0 Å². The van der Waals surface area contributed by atoms with E-state index >= 15 is 0 Å². The molecule has 248 valence electrons. The molecule has 11 aromatic rings. The molecule has 0 aliphatic heterocycles. The van der Waals surface area contributed by atoms with Crippen molar-refractivity contribution in [2.45, 2.75) is 19.3 Å². The Balaban J connectivity index is 1.01. The van der Waals surface area contributed by atoms with Crippen LogP contribution in [0.15, 0.2) is 158 Å². The summed E-state index contributed by atoms with van der Waals surface area (Å²) in [5.41, 5.74) is 10.6. The highest BCUT2D eigenvalue weighted by molar-refractivity contribution is 7.26. The first-order valence-corrected chi connectivity index (χ1v) is 20.0. The van der Waals surface area contributed by atoms with Crippen LogP contribution in [0.5, 0.6) is 0 Å². The second-order valence-electron chi connectivity index (χ2n) is 15.3. The lowest BCUT2D eigenvalue weighted by Crippen LogP contribution is -2.14. The molecule has 2 heteroatoms. The van der Waals surface area contributed by atoms with E-state index in [0.29, 0.717) is 0 Å². The van der Waals surface area contributed by atoms with Crippen LogP contribution in [0.25, 0.3) is 106 Å². The molecule has 0 amide bonds. The number of benzene rings is 9. The molecule has 0 saturated heterocycles. The third kappa shape index (κ3) is 4.17. The first-order chi connectivity index (χ1) is 26.0. The predicted molar refractivity (Wildman–Crippen MR) is 233 cm³/mol. The number of thiophene rings is 2. The maximum Gasteiger partial charge on any atom is 0.0362 e. The summed E-state index contributed by atoms with van der Waals surface area (Å²) in [6.45, 7) is 4.72. The van der Waals surface area contributed by atoms with Crippen LogP contribution in [0.4, 0.5) is 0 Å². The molecule has 2 heterocycles. The van der Waals surface area contributed by atoms with Crippen molar-refractivity contribution < 1.29 is 0 Å². The van der Waals surface area contributed by atoms with E-state index in [4.69, 9.17) is 0 Å². The molecule has 0 radical (unpaired) electrons. The predicted octanol–water partition coefficient (Wildman–Crippen LogP) is 15.5. The van der Waals surface area contributed by atoms with E-state index in [1.54, 1.807) is 0 Å². The zero-order chi connectivity index (χ0) is 35.0. The van der Waals surface area contributed by atoms with Gasteiger partial charge in [-0.05, 0) is 131 Å². The largest absolute Gasteiger partial charge is 0.135 e. The average Bonchev–Trinajstić information content (AvgIpc) is 3.83. The van der Waals surface area contributed by atoms with Crippen LogP contribution in [0.1, 0.15) is 25.0 Å². The molecule has 0 saturated carbocycles. The van der Waals surface area contributed by atoms with E-state index in [1.165, 1.54) is 117 Å². The molecule has 12 rings (SSSR count). The third-order valence-electron chi connectivity index (χ3n) is 12.1. The quantitative estimate of drug-likeness (QED) is 0.157. The second kappa shape index (κ2) is 10.6. The van der Waals surface area contributed by atoms with Gasteiger partial charge in [-0.25, -0.2) is 0 Å². The molecule has 0 N–H and O–H groups in total. The fourth-order valence-electron chi connectivity index (χ4n) is 9.37. The Morgan fingerprint density at radius 2 is 0.774 bits per heavy atom. The Bertz CT molecular complexity index is 3370. The van der Waals surface area contributed by atoms with Gasteiger partial charge in [-0.1, -0.05) is 117 Å². The molecule has 2 aromatic heterocycles. The maximum absolute atomic E-state index is 2.44. The number of hydrogen-bond donors (Lipinski definition) is 0. The molecule has 0 nitrogen and oxygen atoms in total. The molecule has 0 atom stereocenters. The smallest absolute Gasteiger partial charge is 0.0362 e. The Hall–Kier alpha value is -5.80. The summed E-state index contributed by atoms with van der Waals surface area (Å²) in [7, 11) is 0. The van der Waals surface area contributed by atoms with Gasteiger partial charge in [0.25, 0.3) is 0 Å². The molecule has 53 heavy (non-hydrogen) atoms. The van der Waals surface area contributed by atoms with E-state index in [2.05, 4.69) is 172 Å². The highest BCUT2D eigenvalue weighted by Crippen LogP contribution is 2.50. The van der Waals surface area contributed by atoms with Gasteiger partial charge in [-0.2, -0.15) is 0 Å². The Kier molecular flexibility index (Phi) is 5.97. The van der Waals surface area contributed by atoms with Crippen molar-refractivity contribution in [1.82, 2.24) is 0 Å². The third-order valence-corrected chi connectivity index (χ3v) is 14.3. The molecule has 0 unspecified atom stereocenters. The molecule has 0 spiro atoms. The summed E-state index contributed by atoms with van der Waals surface area (Å²) >= 11 is 3.79. The lowest BCUT2D eigenvalue weighted by Gasteiger charge is -2.22. The fraction of sp³-hybridized carbons (Fsp3) is 0.0588. The van der Waals surface area contributed by atoms with Crippen LogP contribution in [0, 0.1) is 0 Å². The lowest BCUT2D eigenvalue weighted by atomic mass is 9.81. The number of fused-ring (bicyclic) bond motifs is 15. The van der Waals surface area contributed by atoms with Crippen LogP contribution in [0.2, 0.25) is 0 Å². The topological polar surface area (TPSA) is 0 Å². The van der Waals surface area contributed by atoms with Crippen molar-refractivity contribution in [3.8, 4) is 33.4 Å². The fourth-order valence-corrected chi connectivity index (χ4v) is 11.6. The summed E-state index contributed by atoms with van der Waals surface area (Å²) in [6, 6.07) is 59.8. The van der Waals surface area contributed by atoms with Gasteiger partial charge < -0.3 is 0 Å². The molecule has 0 bridgehead atoms. The summed E-state index contributed by atoms with van der Waals surface area (Å²) in [5, 5.41) is 13.3. The minimum Gasteiger partial charge on any atom is -0.135 e. The van der Waals surface area contributed by atoms with Crippen LogP contribution >= 0.6 is 22.7 Å². The normalized spacial score (nSPS) is 13.6. The van der Waals surface area contributed by atoms with Crippen molar-refractivity contribution in [2.24, 2.45) is 0 Å². The van der Waals surface area contributed by atoms with Crippen molar-refractivity contribution in [1.29, 1.82) is 0 Å². The summed E-state index contributed by atoms with van der Waals surface area (Å²) < 4.78 is 5.36. The van der Waals surface area contributed by atoms with Crippen molar-refractivity contribution in [3.63, 3.8) is 0 Å². The van der Waals surface area contributed by atoms with Gasteiger partial charge in [0.2, 0.25) is 0 Å². The zero-order valence-electron chi connectivity index (χ0n) is 29.3. The van der Waals surface area contributed by atoms with Crippen LogP contribution in [-0.2, 0) is 5.41 Å². The summed E-state index contributed by atoms with van der Waals surface area (Å²) in [4.78, 5) is 0. The van der Waals surface area contributed by atoms with E-state index in [-0.39, 0.29) is 5.41 Å². The Morgan fingerprint density at radius 3 is 1.53 bits per heavy atom. The van der Waals surface area contributed by atoms with E-state index in [0.717, 1.165) is 0 Å². The van der Waals surface area contributed by atoms with E-state index in [9.17, 15) is 0 Å². The van der Waals surface area contributed by atoms with Gasteiger partial charge >= 0.3 is 0 Å². The van der Waals surface area contributed by atoms with E-state index < -0.39 is 0 Å². The monoisotopic (exact) mass is 708 g/mol. The van der Waals surface area contributed by atoms with Gasteiger partial charge in [-0.3, -0.25) is 0 Å². The Labute approximate surface area is 315 Å². The molecule has 0 fully saturated rings. The van der Waals surface area contributed by atoms with Gasteiger partial charge in [0, 0.05) is 45.8 Å². The van der Waals surface area contributed by atoms with Gasteiger partial charge in [0.15, 0.2) is 0 Å². The van der Waals surface area contributed by atoms with E-state index in [1.807, 2.05) is 22.7 Å². The summed E-state index contributed by atoms with van der Waals surface area (Å²) in [6.07, 6.45) is 0. The highest BCUT2D eigenvalue weighted by atomic mass is 32.1. The first kappa shape index (κ1) is 29.7. The average molecular weight is 709 g/mol. The minimum atomic E-state index is -0.0155. The molecular formula is C51H32S2. The van der Waals surface area contributed by atoms with Crippen molar-refractivity contribution in [2.75, 3.05) is 0 Å². The number of hydrogen-bond acceptors (Lipinski definition) is 2. The van der Waals surface area contributed by atoms with Gasteiger partial charge in [0.1, 0.15) is 0 Å². The highest BCUT2D eigenvalue weighted by Gasteiger charge is 2.35. The SMILES string of the molecule is CC1(C)c2ccccc2-c2ccc(-c3ccc4sc5ccc(-c6ccc7c(c6)c6ccccc6c6cc8c(cc76)sc6ccccc68)cc5c4c3)cc21. The Morgan fingerprint density at radius 1 is 0.302 bits per heavy atom. The molecule has 9 aromatic carbocycles. The minimum absolute atomic E-state index is 0.0155. The van der Waals surface area contributed by atoms with Crippen LogP contribution in [-0.4, -0.2) is 0 Å². The van der Waals surface area contributed by atoms with Gasteiger partial charge in [-0.15, -0.1) is 22.7 Å². The first-order valence-electron chi connectivity index (χ1n) is 18.4. The van der Waals surface area contributed by atoms with Crippen molar-refractivity contribution in [3.05, 3.63) is 169 Å². The second-order valence-corrected chi connectivity index (χ2v) is 17.4. The van der Waals surface area contributed by atoms with Crippen molar-refractivity contribution >= 4 is 95.3 Å². The number of rotatable bonds is 2. The van der Waals surface area contributed by atoms with Crippen LogP contribution in [0.3, 0.4) is 0 Å². The lowest BCUT2D eigenvalue weighted by molar-refractivity contribution is 0.660. The summed E-state index contributed by atoms with van der Waals surface area (Å²) in [5.74, 6) is 0. The standard InChI is InChI=1S/C51H32S2/c1-51(2)45-13-7-5-11-36(45)37-20-16-32(26-46(37)51)31-18-22-49-43(25-31)42-24-30(17-21-48(42)52-49)29-15-19-35-39(23-29)33-9-3-4-10-34(33)40-27-44-38-12-6-8-14-47(38)53-50(44)28-41(35)40/h3-28H,1-2H3.